The van der Waals surface area contributed by atoms with E-state index in [0.717, 1.165) is 0 Å². The van der Waals surface area contributed by atoms with Crippen LogP contribution in [0, 0.1) is 10.1 Å². The van der Waals surface area contributed by atoms with Crippen LogP contribution in [0.1, 0.15) is 24.0 Å². The van der Waals surface area contributed by atoms with Crippen molar-refractivity contribution < 1.29 is 14.8 Å². The van der Waals surface area contributed by atoms with E-state index in [9.17, 15) is 20.0 Å². The van der Waals surface area contributed by atoms with Crippen molar-refractivity contribution in [1.29, 1.82) is 0 Å². The van der Waals surface area contributed by atoms with Crippen LogP contribution < -0.4 is 10.6 Å². The number of nitrogens with zero attached hydrogens (tertiary/aromatic N) is 1. The zero-order valence-electron chi connectivity index (χ0n) is 16.1. The summed E-state index contributed by atoms with van der Waals surface area (Å²) in [5.74, 6) is -1.02. The van der Waals surface area contributed by atoms with Crippen LogP contribution in [0.3, 0.4) is 0 Å². The van der Waals surface area contributed by atoms with Crippen molar-refractivity contribution in [1.82, 2.24) is 0 Å². The fourth-order valence-electron chi connectivity index (χ4n) is 3.77. The number of carbonyl (C=O) groups is 1. The maximum Gasteiger partial charge on any atom is 0.269 e. The quantitative estimate of drug-likeness (QED) is 0.431. The number of rotatable bonds is 4. The van der Waals surface area contributed by atoms with Crippen molar-refractivity contribution in [3.05, 3.63) is 105 Å². The number of benzene rings is 3. The van der Waals surface area contributed by atoms with Gasteiger partial charge in [0.15, 0.2) is 0 Å². The minimum Gasteiger partial charge on any atom is -0.508 e. The number of fused-ring (bicyclic) bond motifs is 1. The van der Waals surface area contributed by atoms with E-state index >= 15 is 0 Å². The van der Waals surface area contributed by atoms with Gasteiger partial charge in [0, 0.05) is 46.3 Å². The summed E-state index contributed by atoms with van der Waals surface area (Å²) in [6.07, 6.45) is 0. The number of nitro groups is 1. The van der Waals surface area contributed by atoms with Crippen LogP contribution in [0.2, 0.25) is 0 Å². The van der Waals surface area contributed by atoms with Gasteiger partial charge in [-0.3, -0.25) is 14.9 Å². The number of hydrogen-bond donors (Lipinski definition) is 3. The lowest BCUT2D eigenvalue weighted by Crippen LogP contribution is -2.27. The summed E-state index contributed by atoms with van der Waals surface area (Å²) in [5.41, 5.74) is 3.24. The fourth-order valence-corrected chi connectivity index (χ4v) is 3.77. The standard InChI is InChI=1S/C23H19N3O4/c1-14-20(23(28)25-16-8-3-2-4-9-16)21(15-7-5-10-17(13-15)26(29)30)22-18(24-14)11-6-12-19(22)27/h2-13,21,24,27H,1H3,(H,25,28). The molecule has 0 spiro atoms. The molecule has 0 aromatic heterocycles. The molecule has 1 heterocycles. The van der Waals surface area contributed by atoms with Crippen molar-refractivity contribution in [3.8, 4) is 5.75 Å². The average molecular weight is 401 g/mol. The number of aromatic hydroxyl groups is 1. The number of phenolic OH excluding ortho intramolecular Hbond substituents is 1. The molecular weight excluding hydrogens is 382 g/mol. The molecule has 0 bridgehead atoms. The Balaban J connectivity index is 1.86. The molecule has 3 N–H and O–H groups in total. The Morgan fingerprint density at radius 3 is 2.53 bits per heavy atom. The molecule has 7 heteroatoms. The van der Waals surface area contributed by atoms with Crippen LogP contribution in [-0.2, 0) is 4.79 Å². The van der Waals surface area contributed by atoms with Crippen molar-refractivity contribution in [2.75, 3.05) is 10.6 Å². The minimum absolute atomic E-state index is 0.00835. The summed E-state index contributed by atoms with van der Waals surface area (Å²) in [5, 5.41) is 28.0. The minimum atomic E-state index is -0.675. The third-order valence-electron chi connectivity index (χ3n) is 5.08. The number of hydrogen-bond acceptors (Lipinski definition) is 5. The fraction of sp³-hybridized carbons (Fsp3) is 0.0870. The number of amides is 1. The molecule has 0 aliphatic carbocycles. The smallest absolute Gasteiger partial charge is 0.269 e. The molecular formula is C23H19N3O4. The summed E-state index contributed by atoms with van der Waals surface area (Å²) in [6, 6.07) is 20.2. The molecule has 30 heavy (non-hydrogen) atoms. The number of phenols is 1. The van der Waals surface area contributed by atoms with E-state index < -0.39 is 10.8 Å². The molecule has 0 radical (unpaired) electrons. The first-order chi connectivity index (χ1) is 14.5. The van der Waals surface area contributed by atoms with Gasteiger partial charge in [0.05, 0.1) is 4.92 Å². The molecule has 1 amide bonds. The highest BCUT2D eigenvalue weighted by atomic mass is 16.6. The van der Waals surface area contributed by atoms with E-state index in [1.807, 2.05) is 18.2 Å². The number of anilines is 2. The summed E-state index contributed by atoms with van der Waals surface area (Å²) in [7, 11) is 0. The Morgan fingerprint density at radius 2 is 1.80 bits per heavy atom. The Kier molecular flexibility index (Phi) is 4.93. The third-order valence-corrected chi connectivity index (χ3v) is 5.08. The first-order valence-corrected chi connectivity index (χ1v) is 9.36. The normalized spacial score (nSPS) is 15.2. The lowest BCUT2D eigenvalue weighted by molar-refractivity contribution is -0.384. The second-order valence-corrected chi connectivity index (χ2v) is 7.01. The molecule has 1 atom stereocenters. The molecule has 0 saturated heterocycles. The lowest BCUT2D eigenvalue weighted by Gasteiger charge is -2.31. The van der Waals surface area contributed by atoms with Crippen LogP contribution in [-0.4, -0.2) is 15.9 Å². The molecule has 7 nitrogen and oxygen atoms in total. The molecule has 1 unspecified atom stereocenters. The van der Waals surface area contributed by atoms with Gasteiger partial charge in [0.1, 0.15) is 5.75 Å². The van der Waals surface area contributed by atoms with E-state index in [2.05, 4.69) is 10.6 Å². The number of allylic oxidation sites excluding steroid dienone is 1. The molecule has 3 aromatic rings. The van der Waals surface area contributed by atoms with E-state index in [0.29, 0.717) is 33.8 Å². The molecule has 3 aromatic carbocycles. The van der Waals surface area contributed by atoms with Crippen LogP contribution in [0.15, 0.2) is 84.1 Å². The summed E-state index contributed by atoms with van der Waals surface area (Å²) in [4.78, 5) is 24.1. The second-order valence-electron chi connectivity index (χ2n) is 7.01. The maximum atomic E-state index is 13.3. The number of carbonyl (C=O) groups excluding carboxylic acids is 1. The van der Waals surface area contributed by atoms with Gasteiger partial charge in [-0.05, 0) is 36.8 Å². The molecule has 4 rings (SSSR count). The number of nitro benzene ring substituents is 1. The predicted octanol–water partition coefficient (Wildman–Crippen LogP) is 4.77. The molecule has 0 fully saturated rings. The lowest BCUT2D eigenvalue weighted by atomic mass is 9.79. The Bertz CT molecular complexity index is 1170. The van der Waals surface area contributed by atoms with Crippen molar-refractivity contribution >= 4 is 23.0 Å². The van der Waals surface area contributed by atoms with Crippen LogP contribution >= 0.6 is 0 Å². The van der Waals surface area contributed by atoms with Crippen molar-refractivity contribution in [2.24, 2.45) is 0 Å². The average Bonchev–Trinajstić information content (AvgIpc) is 2.73. The largest absolute Gasteiger partial charge is 0.508 e. The van der Waals surface area contributed by atoms with Crippen LogP contribution in [0.25, 0.3) is 0 Å². The number of nitrogens with one attached hydrogen (secondary N) is 2. The van der Waals surface area contributed by atoms with Gasteiger partial charge in [0.25, 0.3) is 11.6 Å². The van der Waals surface area contributed by atoms with E-state index in [-0.39, 0.29) is 17.3 Å². The molecule has 0 saturated carbocycles. The maximum absolute atomic E-state index is 13.3. The highest BCUT2D eigenvalue weighted by Gasteiger charge is 2.34. The third kappa shape index (κ3) is 3.48. The summed E-state index contributed by atoms with van der Waals surface area (Å²) < 4.78 is 0. The van der Waals surface area contributed by atoms with Crippen molar-refractivity contribution in [3.63, 3.8) is 0 Å². The molecule has 150 valence electrons. The Labute approximate surface area is 172 Å². The van der Waals surface area contributed by atoms with Crippen molar-refractivity contribution in [2.45, 2.75) is 12.8 Å². The predicted molar refractivity (Wildman–Crippen MR) is 114 cm³/mol. The molecule has 1 aliphatic heterocycles. The first-order valence-electron chi connectivity index (χ1n) is 9.36. The highest BCUT2D eigenvalue weighted by Crippen LogP contribution is 2.46. The van der Waals surface area contributed by atoms with E-state index in [1.54, 1.807) is 43.3 Å². The zero-order chi connectivity index (χ0) is 21.3. The second kappa shape index (κ2) is 7.71. The zero-order valence-corrected chi connectivity index (χ0v) is 16.1. The number of non-ortho nitro benzene ring substituents is 1. The Hall–Kier alpha value is -4.13. The topological polar surface area (TPSA) is 104 Å². The summed E-state index contributed by atoms with van der Waals surface area (Å²) >= 11 is 0. The van der Waals surface area contributed by atoms with E-state index in [1.165, 1.54) is 18.2 Å². The van der Waals surface area contributed by atoms with Crippen LogP contribution in [0.5, 0.6) is 5.75 Å². The molecule has 1 aliphatic rings. The summed E-state index contributed by atoms with van der Waals surface area (Å²) in [6.45, 7) is 1.78. The highest BCUT2D eigenvalue weighted by molar-refractivity contribution is 6.07. The van der Waals surface area contributed by atoms with Gasteiger partial charge in [-0.2, -0.15) is 0 Å². The first kappa shape index (κ1) is 19.2. The van der Waals surface area contributed by atoms with Gasteiger partial charge in [-0.25, -0.2) is 0 Å². The van der Waals surface area contributed by atoms with E-state index in [4.69, 9.17) is 0 Å². The van der Waals surface area contributed by atoms with Gasteiger partial charge in [-0.1, -0.05) is 36.4 Å². The van der Waals surface area contributed by atoms with Crippen LogP contribution in [0.4, 0.5) is 17.1 Å². The SMILES string of the molecule is CC1=C(C(=O)Nc2ccccc2)C(c2cccc([N+](=O)[O-])c2)c2c(O)cccc2N1. The van der Waals surface area contributed by atoms with Gasteiger partial charge < -0.3 is 15.7 Å². The van der Waals surface area contributed by atoms with Gasteiger partial charge in [0.2, 0.25) is 0 Å². The monoisotopic (exact) mass is 401 g/mol. The van der Waals surface area contributed by atoms with Gasteiger partial charge >= 0.3 is 0 Å². The Morgan fingerprint density at radius 1 is 1.07 bits per heavy atom. The van der Waals surface area contributed by atoms with Gasteiger partial charge in [-0.15, -0.1) is 0 Å². The number of para-hydroxylation sites is 1.